The minimum Gasteiger partial charge on any atom is -0.507 e. The first-order chi connectivity index (χ1) is 12.2. The monoisotopic (exact) mass is 369 g/mol. The zero-order valence-electron chi connectivity index (χ0n) is 13.8. The minimum atomic E-state index is -4.55. The number of benzene rings is 1. The van der Waals surface area contributed by atoms with Crippen LogP contribution in [0.5, 0.6) is 5.75 Å². The summed E-state index contributed by atoms with van der Waals surface area (Å²) in [7, 11) is 0. The predicted octanol–water partition coefficient (Wildman–Crippen LogP) is 2.47. The van der Waals surface area contributed by atoms with Crippen LogP contribution in [0.25, 0.3) is 11.3 Å². The van der Waals surface area contributed by atoms with Crippen molar-refractivity contribution in [2.24, 2.45) is 0 Å². The van der Waals surface area contributed by atoms with Gasteiger partial charge < -0.3 is 20.6 Å². The fraction of sp³-hybridized carbons (Fsp3) is 0.412. The second-order valence-electron chi connectivity index (χ2n) is 6.37. The lowest BCUT2D eigenvalue weighted by atomic mass is 10.0. The van der Waals surface area contributed by atoms with Crippen LogP contribution in [0.15, 0.2) is 24.3 Å². The molecule has 0 radical (unpaired) electrons. The van der Waals surface area contributed by atoms with E-state index in [0.29, 0.717) is 24.7 Å². The molecule has 0 aliphatic heterocycles. The fourth-order valence-electron chi connectivity index (χ4n) is 3.12. The van der Waals surface area contributed by atoms with E-state index in [-0.39, 0.29) is 22.9 Å². The van der Waals surface area contributed by atoms with Gasteiger partial charge in [-0.05, 0) is 49.6 Å². The first kappa shape index (κ1) is 18.4. The van der Waals surface area contributed by atoms with E-state index in [9.17, 15) is 28.5 Å². The zero-order chi connectivity index (χ0) is 19.1. The molecule has 140 valence electrons. The van der Waals surface area contributed by atoms with Gasteiger partial charge in [0.15, 0.2) is 0 Å². The molecule has 6 nitrogen and oxygen atoms in total. The third-order valence-corrected chi connectivity index (χ3v) is 4.48. The van der Waals surface area contributed by atoms with Crippen molar-refractivity contribution < 1.29 is 28.5 Å². The number of phenolic OH excluding ortho intramolecular Hbond substituents is 1. The predicted molar refractivity (Wildman–Crippen MR) is 87.5 cm³/mol. The number of hydrogen-bond donors (Lipinski definition) is 4. The van der Waals surface area contributed by atoms with E-state index in [4.69, 9.17) is 0 Å². The number of aliphatic hydroxyl groups is 2. The van der Waals surface area contributed by atoms with Crippen LogP contribution >= 0.6 is 0 Å². The Balaban J connectivity index is 1.83. The normalized spacial score (nSPS) is 23.2. The van der Waals surface area contributed by atoms with E-state index in [1.807, 2.05) is 0 Å². The van der Waals surface area contributed by atoms with Crippen molar-refractivity contribution in [1.82, 2.24) is 10.2 Å². The average Bonchev–Trinajstić information content (AvgIpc) is 2.87. The molecule has 3 atom stereocenters. The maximum Gasteiger partial charge on any atom is 0.416 e. The molecular weight excluding hydrogens is 351 g/mol. The van der Waals surface area contributed by atoms with Gasteiger partial charge in [-0.3, -0.25) is 0 Å². The number of rotatable bonds is 3. The number of aromatic nitrogens is 2. The van der Waals surface area contributed by atoms with Crippen LogP contribution in [-0.4, -0.2) is 43.8 Å². The Kier molecular flexibility index (Phi) is 4.76. The Morgan fingerprint density at radius 3 is 2.35 bits per heavy atom. The van der Waals surface area contributed by atoms with Gasteiger partial charge in [0.25, 0.3) is 0 Å². The first-order valence-electron chi connectivity index (χ1n) is 8.04. The number of aryl methyl sites for hydroxylation is 1. The third kappa shape index (κ3) is 3.58. The number of aromatic hydroxyl groups is 1. The van der Waals surface area contributed by atoms with Crippen molar-refractivity contribution >= 4 is 5.82 Å². The number of nitrogens with zero attached hydrogens (tertiary/aromatic N) is 2. The smallest absolute Gasteiger partial charge is 0.416 e. The molecule has 0 bridgehead atoms. The van der Waals surface area contributed by atoms with Gasteiger partial charge in [-0.15, -0.1) is 10.2 Å². The standard InChI is InChI=1S/C17H18F3N3O3/c1-8-6-9(17(18,19)20)7-13(25)15(8)10-3-5-14(23-22-10)21-11-2-4-12(24)16(11)26/h3,5-7,11-12,16,24-26H,2,4H2,1H3,(H,21,23)/t11-,12-,16+/m0/s1. The van der Waals surface area contributed by atoms with Crippen LogP contribution in [0.1, 0.15) is 24.0 Å². The van der Waals surface area contributed by atoms with Crippen molar-refractivity contribution in [2.45, 2.75) is 44.2 Å². The Hall–Kier alpha value is -2.39. The molecule has 1 saturated carbocycles. The summed E-state index contributed by atoms with van der Waals surface area (Å²) in [6, 6.07) is 4.32. The topological polar surface area (TPSA) is 98.5 Å². The van der Waals surface area contributed by atoms with Gasteiger partial charge >= 0.3 is 6.18 Å². The minimum absolute atomic E-state index is 0.174. The highest BCUT2D eigenvalue weighted by atomic mass is 19.4. The average molecular weight is 369 g/mol. The molecule has 26 heavy (non-hydrogen) atoms. The second-order valence-corrected chi connectivity index (χ2v) is 6.37. The number of anilines is 1. The van der Waals surface area contributed by atoms with Gasteiger partial charge in [0.05, 0.1) is 29.5 Å². The third-order valence-electron chi connectivity index (χ3n) is 4.48. The lowest BCUT2D eigenvalue weighted by Crippen LogP contribution is -2.34. The summed E-state index contributed by atoms with van der Waals surface area (Å²) in [4.78, 5) is 0. The highest BCUT2D eigenvalue weighted by molar-refractivity contribution is 5.71. The van der Waals surface area contributed by atoms with Gasteiger partial charge in [0.1, 0.15) is 11.6 Å². The van der Waals surface area contributed by atoms with Crippen LogP contribution in [0, 0.1) is 6.92 Å². The summed E-state index contributed by atoms with van der Waals surface area (Å²) < 4.78 is 38.4. The number of alkyl halides is 3. The Morgan fingerprint density at radius 1 is 1.12 bits per heavy atom. The molecule has 0 unspecified atom stereocenters. The molecule has 3 rings (SSSR count). The molecule has 0 saturated heterocycles. The van der Waals surface area contributed by atoms with Crippen LogP contribution in [0.2, 0.25) is 0 Å². The number of halogens is 3. The van der Waals surface area contributed by atoms with E-state index < -0.39 is 29.7 Å². The number of aliphatic hydroxyl groups excluding tert-OH is 2. The van der Waals surface area contributed by atoms with Gasteiger partial charge in [-0.1, -0.05) is 0 Å². The van der Waals surface area contributed by atoms with E-state index in [1.165, 1.54) is 13.0 Å². The van der Waals surface area contributed by atoms with Gasteiger partial charge in [0, 0.05) is 5.56 Å². The van der Waals surface area contributed by atoms with Crippen LogP contribution in [0.4, 0.5) is 19.0 Å². The summed E-state index contributed by atoms with van der Waals surface area (Å²) in [6.45, 7) is 1.45. The summed E-state index contributed by atoms with van der Waals surface area (Å²) >= 11 is 0. The molecule has 1 heterocycles. The van der Waals surface area contributed by atoms with Gasteiger partial charge in [-0.2, -0.15) is 13.2 Å². The number of phenols is 1. The molecule has 1 aromatic carbocycles. The Morgan fingerprint density at radius 2 is 1.85 bits per heavy atom. The van der Waals surface area contributed by atoms with Crippen molar-refractivity contribution in [3.05, 3.63) is 35.4 Å². The van der Waals surface area contributed by atoms with Crippen molar-refractivity contribution in [3.63, 3.8) is 0 Å². The van der Waals surface area contributed by atoms with E-state index >= 15 is 0 Å². The van der Waals surface area contributed by atoms with Crippen LogP contribution < -0.4 is 5.32 Å². The number of nitrogens with one attached hydrogen (secondary N) is 1. The summed E-state index contributed by atoms with van der Waals surface area (Å²) in [5.41, 5.74) is -0.308. The molecule has 0 spiro atoms. The van der Waals surface area contributed by atoms with Crippen molar-refractivity contribution in [3.8, 4) is 17.0 Å². The highest BCUT2D eigenvalue weighted by Crippen LogP contribution is 2.38. The van der Waals surface area contributed by atoms with Crippen LogP contribution in [-0.2, 0) is 6.18 Å². The molecule has 4 N–H and O–H groups in total. The summed E-state index contributed by atoms with van der Waals surface area (Å²) in [5.74, 6) is -0.169. The van der Waals surface area contributed by atoms with Gasteiger partial charge in [-0.25, -0.2) is 0 Å². The molecular formula is C17H18F3N3O3. The summed E-state index contributed by atoms with van der Waals surface area (Å²) in [6.07, 6.45) is -5.19. The molecule has 1 aliphatic carbocycles. The first-order valence-corrected chi connectivity index (χ1v) is 8.04. The Labute approximate surface area is 147 Å². The maximum atomic E-state index is 12.8. The van der Waals surface area contributed by atoms with Crippen molar-refractivity contribution in [1.29, 1.82) is 0 Å². The van der Waals surface area contributed by atoms with Crippen LogP contribution in [0.3, 0.4) is 0 Å². The SMILES string of the molecule is Cc1cc(C(F)(F)F)cc(O)c1-c1ccc(N[C@H]2CC[C@H](O)[C@@H]2O)nn1. The molecule has 1 fully saturated rings. The van der Waals surface area contributed by atoms with E-state index in [2.05, 4.69) is 15.5 Å². The van der Waals surface area contributed by atoms with Gasteiger partial charge in [0.2, 0.25) is 0 Å². The molecule has 1 aromatic heterocycles. The second kappa shape index (κ2) is 6.73. The molecule has 0 amide bonds. The van der Waals surface area contributed by atoms with E-state index in [0.717, 1.165) is 6.07 Å². The summed E-state index contributed by atoms with van der Waals surface area (Å²) in [5, 5.41) is 40.2. The largest absolute Gasteiger partial charge is 0.507 e. The highest BCUT2D eigenvalue weighted by Gasteiger charge is 2.34. The Bertz CT molecular complexity index is 773. The molecule has 1 aliphatic rings. The molecule has 2 aromatic rings. The zero-order valence-corrected chi connectivity index (χ0v) is 13.8. The lowest BCUT2D eigenvalue weighted by molar-refractivity contribution is -0.137. The van der Waals surface area contributed by atoms with E-state index in [1.54, 1.807) is 6.07 Å². The fourth-order valence-corrected chi connectivity index (χ4v) is 3.12. The molecule has 9 heteroatoms. The number of hydrogen-bond acceptors (Lipinski definition) is 6. The van der Waals surface area contributed by atoms with Crippen molar-refractivity contribution in [2.75, 3.05) is 5.32 Å². The quantitative estimate of drug-likeness (QED) is 0.664. The lowest BCUT2D eigenvalue weighted by Gasteiger charge is -2.18. The maximum absolute atomic E-state index is 12.8.